The topological polar surface area (TPSA) is 75.3 Å². The lowest BCUT2D eigenvalue weighted by Crippen LogP contribution is -2.22. The van der Waals surface area contributed by atoms with E-state index in [9.17, 15) is 9.59 Å². The van der Waals surface area contributed by atoms with E-state index in [1.807, 2.05) is 36.2 Å². The molecule has 1 heterocycles. The van der Waals surface area contributed by atoms with Crippen LogP contribution in [0.15, 0.2) is 51.7 Å². The molecule has 0 spiro atoms. The molecule has 0 aliphatic carbocycles. The Morgan fingerprint density at radius 1 is 1.23 bits per heavy atom. The minimum absolute atomic E-state index is 0.226. The van der Waals surface area contributed by atoms with Gasteiger partial charge in [-0.1, -0.05) is 34.1 Å². The summed E-state index contributed by atoms with van der Waals surface area (Å²) in [4.78, 5) is 33.4. The zero-order valence-corrected chi connectivity index (χ0v) is 16.0. The molecule has 0 atom stereocenters. The zero-order valence-electron chi connectivity index (χ0n) is 14.5. The van der Waals surface area contributed by atoms with E-state index >= 15 is 0 Å². The van der Waals surface area contributed by atoms with Gasteiger partial charge in [-0.3, -0.25) is 9.69 Å². The monoisotopic (exact) mass is 415 g/mol. The molecule has 6 nitrogen and oxygen atoms in total. The van der Waals surface area contributed by atoms with E-state index < -0.39 is 5.97 Å². The predicted octanol–water partition coefficient (Wildman–Crippen LogP) is 3.10. The van der Waals surface area contributed by atoms with Crippen molar-refractivity contribution in [1.82, 2.24) is 14.9 Å². The smallest absolute Gasteiger partial charge is 0.337 e. The number of methoxy groups -OCH3 is 1. The van der Waals surface area contributed by atoms with E-state index in [4.69, 9.17) is 4.74 Å². The fourth-order valence-electron chi connectivity index (χ4n) is 2.74. The van der Waals surface area contributed by atoms with Crippen molar-refractivity contribution < 1.29 is 9.53 Å². The van der Waals surface area contributed by atoms with Gasteiger partial charge in [0.1, 0.15) is 5.82 Å². The normalized spacial score (nSPS) is 11.1. The van der Waals surface area contributed by atoms with Crippen molar-refractivity contribution in [2.24, 2.45) is 0 Å². The summed E-state index contributed by atoms with van der Waals surface area (Å²) in [5, 5.41) is 0.440. The molecule has 0 saturated carbocycles. The maximum Gasteiger partial charge on any atom is 0.337 e. The lowest BCUT2D eigenvalue weighted by Gasteiger charge is -2.17. The number of fused-ring (bicyclic) bond motifs is 1. The number of ether oxygens (including phenoxy) is 1. The first kappa shape index (κ1) is 18.3. The molecule has 0 radical (unpaired) electrons. The number of nitrogens with zero attached hydrogens (tertiary/aromatic N) is 2. The van der Waals surface area contributed by atoms with Crippen LogP contribution in [0.2, 0.25) is 0 Å². The highest BCUT2D eigenvalue weighted by Gasteiger charge is 2.11. The lowest BCUT2D eigenvalue weighted by atomic mass is 10.1. The van der Waals surface area contributed by atoms with Crippen LogP contribution in [0.3, 0.4) is 0 Å². The number of hydrogen-bond donors (Lipinski definition) is 1. The highest BCUT2D eigenvalue weighted by atomic mass is 79.9. The van der Waals surface area contributed by atoms with Crippen LogP contribution in [-0.4, -0.2) is 35.0 Å². The number of halogens is 1. The quantitative estimate of drug-likeness (QED) is 0.647. The summed E-state index contributed by atoms with van der Waals surface area (Å²) in [7, 11) is 3.27. The number of carbonyl (C=O) groups is 1. The molecule has 3 aromatic rings. The molecule has 2 aromatic carbocycles. The minimum atomic E-state index is -0.457. The number of aromatic amines is 1. The number of hydrogen-bond acceptors (Lipinski definition) is 5. The minimum Gasteiger partial charge on any atom is -0.465 e. The van der Waals surface area contributed by atoms with Gasteiger partial charge in [-0.05, 0) is 36.9 Å². The summed E-state index contributed by atoms with van der Waals surface area (Å²) in [5.41, 5.74) is 1.76. The van der Waals surface area contributed by atoms with E-state index in [2.05, 4.69) is 25.9 Å². The maximum atomic E-state index is 12.3. The second-order valence-electron chi connectivity index (χ2n) is 6.00. The molecule has 7 heteroatoms. The molecule has 1 N–H and O–H groups in total. The number of benzene rings is 2. The number of aromatic nitrogens is 2. The summed E-state index contributed by atoms with van der Waals surface area (Å²) in [6.45, 7) is 1.17. The van der Waals surface area contributed by atoms with Gasteiger partial charge in [-0.15, -0.1) is 0 Å². The molecule has 0 aliphatic rings. The summed E-state index contributed by atoms with van der Waals surface area (Å²) < 4.78 is 5.76. The van der Waals surface area contributed by atoms with E-state index in [-0.39, 0.29) is 5.56 Å². The summed E-state index contributed by atoms with van der Waals surface area (Å²) in [5.74, 6) is 0.0839. The summed E-state index contributed by atoms with van der Waals surface area (Å²) in [6, 6.07) is 12.7. The zero-order chi connectivity index (χ0) is 18.7. The SMILES string of the molecule is COC(=O)c1ccc2c(=O)[nH]c(CN(C)Cc3ccccc3Br)nc2c1. The first-order valence-corrected chi connectivity index (χ1v) is 8.80. The van der Waals surface area contributed by atoms with Gasteiger partial charge in [0, 0.05) is 11.0 Å². The van der Waals surface area contributed by atoms with Crippen LogP contribution in [0.1, 0.15) is 21.7 Å². The van der Waals surface area contributed by atoms with Gasteiger partial charge in [0.15, 0.2) is 0 Å². The van der Waals surface area contributed by atoms with Crippen molar-refractivity contribution in [2.75, 3.05) is 14.2 Å². The molecule has 26 heavy (non-hydrogen) atoms. The Morgan fingerprint density at radius 3 is 2.73 bits per heavy atom. The Balaban J connectivity index is 1.86. The van der Waals surface area contributed by atoms with E-state index in [0.717, 1.165) is 10.0 Å². The third-order valence-corrected chi connectivity index (χ3v) is 4.77. The average molecular weight is 416 g/mol. The van der Waals surface area contributed by atoms with Crippen LogP contribution in [0.4, 0.5) is 0 Å². The van der Waals surface area contributed by atoms with Gasteiger partial charge >= 0.3 is 5.97 Å². The molecule has 0 unspecified atom stereocenters. The number of carbonyl (C=O) groups excluding carboxylic acids is 1. The average Bonchev–Trinajstić information content (AvgIpc) is 2.62. The Bertz CT molecular complexity index is 1020. The largest absolute Gasteiger partial charge is 0.465 e. The van der Waals surface area contributed by atoms with Crippen molar-refractivity contribution >= 4 is 32.8 Å². The van der Waals surface area contributed by atoms with Gasteiger partial charge in [0.25, 0.3) is 5.56 Å². The van der Waals surface area contributed by atoms with Gasteiger partial charge in [0.05, 0.1) is 30.1 Å². The van der Waals surface area contributed by atoms with Gasteiger partial charge in [0.2, 0.25) is 0 Å². The summed E-state index contributed by atoms with van der Waals surface area (Å²) in [6.07, 6.45) is 0. The molecule has 0 saturated heterocycles. The first-order valence-electron chi connectivity index (χ1n) is 8.01. The second-order valence-corrected chi connectivity index (χ2v) is 6.85. The Morgan fingerprint density at radius 2 is 2.00 bits per heavy atom. The predicted molar refractivity (Wildman–Crippen MR) is 103 cm³/mol. The highest BCUT2D eigenvalue weighted by molar-refractivity contribution is 9.10. The van der Waals surface area contributed by atoms with Crippen molar-refractivity contribution in [1.29, 1.82) is 0 Å². The highest BCUT2D eigenvalue weighted by Crippen LogP contribution is 2.18. The number of nitrogens with one attached hydrogen (secondary N) is 1. The van der Waals surface area contributed by atoms with E-state index in [0.29, 0.717) is 35.4 Å². The molecule has 1 aromatic heterocycles. The van der Waals surface area contributed by atoms with Crippen LogP contribution >= 0.6 is 15.9 Å². The van der Waals surface area contributed by atoms with E-state index in [1.165, 1.54) is 7.11 Å². The lowest BCUT2D eigenvalue weighted by molar-refractivity contribution is 0.0601. The third-order valence-electron chi connectivity index (χ3n) is 3.99. The molecular formula is C19H18BrN3O3. The molecule has 0 bridgehead atoms. The Labute approximate surface area is 158 Å². The standard InChI is InChI=1S/C19H18BrN3O3/c1-23(10-13-5-3-4-6-15(13)20)11-17-21-16-9-12(19(25)26-2)7-8-14(16)18(24)22-17/h3-9H,10-11H2,1-2H3,(H,21,22,24). The molecule has 0 aliphatic heterocycles. The number of rotatable bonds is 5. The Kier molecular flexibility index (Phi) is 5.49. The van der Waals surface area contributed by atoms with Crippen LogP contribution in [-0.2, 0) is 17.8 Å². The van der Waals surface area contributed by atoms with Gasteiger partial charge < -0.3 is 9.72 Å². The van der Waals surface area contributed by atoms with E-state index in [1.54, 1.807) is 18.2 Å². The molecule has 0 fully saturated rings. The number of esters is 1. The van der Waals surface area contributed by atoms with Crippen LogP contribution in [0, 0.1) is 0 Å². The molecule has 3 rings (SSSR count). The molecule has 134 valence electrons. The Hall–Kier alpha value is -2.51. The van der Waals surface area contributed by atoms with Crippen molar-refractivity contribution in [3.8, 4) is 0 Å². The fourth-order valence-corrected chi connectivity index (χ4v) is 3.15. The van der Waals surface area contributed by atoms with Crippen LogP contribution in [0.5, 0.6) is 0 Å². The number of H-pyrrole nitrogens is 1. The van der Waals surface area contributed by atoms with Crippen molar-refractivity contribution in [3.05, 3.63) is 74.2 Å². The third kappa shape index (κ3) is 4.00. The van der Waals surface area contributed by atoms with Gasteiger partial charge in [-0.2, -0.15) is 0 Å². The van der Waals surface area contributed by atoms with Gasteiger partial charge in [-0.25, -0.2) is 9.78 Å². The second kappa shape index (κ2) is 7.80. The van der Waals surface area contributed by atoms with Crippen molar-refractivity contribution in [3.63, 3.8) is 0 Å². The van der Waals surface area contributed by atoms with Crippen molar-refractivity contribution in [2.45, 2.75) is 13.1 Å². The van der Waals surface area contributed by atoms with Crippen LogP contribution < -0.4 is 5.56 Å². The van der Waals surface area contributed by atoms with Crippen LogP contribution in [0.25, 0.3) is 10.9 Å². The first-order chi connectivity index (χ1) is 12.5. The molecular weight excluding hydrogens is 398 g/mol. The maximum absolute atomic E-state index is 12.3. The summed E-state index contributed by atoms with van der Waals surface area (Å²) >= 11 is 3.54. The molecule has 0 amide bonds. The fraction of sp³-hybridized carbons (Fsp3) is 0.211.